The SMILES string of the molecule is CC[C@H](C)NC(=O)[C@H](Cc1ccccc1)N(Cc1ccccc1F)C(=O)CSCc1cccc(C)c1. The Labute approximate surface area is 218 Å². The highest BCUT2D eigenvalue weighted by atomic mass is 32.2. The van der Waals surface area contributed by atoms with E-state index in [4.69, 9.17) is 0 Å². The van der Waals surface area contributed by atoms with E-state index < -0.39 is 6.04 Å². The third-order valence-corrected chi connectivity index (χ3v) is 7.14. The topological polar surface area (TPSA) is 49.4 Å². The second-order valence-corrected chi connectivity index (χ2v) is 10.1. The fraction of sp³-hybridized carbons (Fsp3) is 0.333. The molecule has 6 heteroatoms. The van der Waals surface area contributed by atoms with E-state index in [2.05, 4.69) is 11.4 Å². The summed E-state index contributed by atoms with van der Waals surface area (Å²) in [6.07, 6.45) is 1.13. The van der Waals surface area contributed by atoms with Crippen LogP contribution in [0.1, 0.15) is 42.5 Å². The molecule has 0 saturated carbocycles. The van der Waals surface area contributed by atoms with Crippen molar-refractivity contribution in [1.82, 2.24) is 10.2 Å². The number of aryl methyl sites for hydroxylation is 1. The number of carbonyl (C=O) groups excluding carboxylic acids is 2. The number of nitrogens with zero attached hydrogens (tertiary/aromatic N) is 1. The molecule has 3 rings (SSSR count). The fourth-order valence-corrected chi connectivity index (χ4v) is 4.80. The zero-order valence-electron chi connectivity index (χ0n) is 21.2. The number of thioether (sulfide) groups is 1. The summed E-state index contributed by atoms with van der Waals surface area (Å²) in [6, 6.07) is 23.5. The average Bonchev–Trinajstić information content (AvgIpc) is 2.87. The predicted molar refractivity (Wildman–Crippen MR) is 146 cm³/mol. The van der Waals surface area contributed by atoms with Gasteiger partial charge in [0.05, 0.1) is 5.75 Å². The second-order valence-electron chi connectivity index (χ2n) is 9.12. The van der Waals surface area contributed by atoms with Crippen molar-refractivity contribution in [3.63, 3.8) is 0 Å². The van der Waals surface area contributed by atoms with Gasteiger partial charge in [0, 0.05) is 30.3 Å². The summed E-state index contributed by atoms with van der Waals surface area (Å²) in [7, 11) is 0. The van der Waals surface area contributed by atoms with Crippen molar-refractivity contribution < 1.29 is 14.0 Å². The summed E-state index contributed by atoms with van der Waals surface area (Å²) in [5.41, 5.74) is 3.65. The van der Waals surface area contributed by atoms with E-state index in [-0.39, 0.29) is 36.0 Å². The first kappa shape index (κ1) is 27.5. The normalized spacial score (nSPS) is 12.6. The Bertz CT molecular complexity index is 1140. The van der Waals surface area contributed by atoms with Crippen LogP contribution < -0.4 is 5.32 Å². The Hall–Kier alpha value is -3.12. The molecule has 0 aliphatic carbocycles. The minimum absolute atomic E-state index is 0.0297. The quantitative estimate of drug-likeness (QED) is 0.332. The zero-order valence-corrected chi connectivity index (χ0v) is 22.1. The van der Waals surface area contributed by atoms with Crippen LogP contribution in [-0.2, 0) is 28.3 Å². The van der Waals surface area contributed by atoms with Gasteiger partial charge in [0.15, 0.2) is 0 Å². The van der Waals surface area contributed by atoms with Gasteiger partial charge in [0.2, 0.25) is 11.8 Å². The molecule has 0 fully saturated rings. The number of hydrogen-bond acceptors (Lipinski definition) is 3. The first-order valence-electron chi connectivity index (χ1n) is 12.4. The molecule has 0 heterocycles. The van der Waals surface area contributed by atoms with Crippen molar-refractivity contribution >= 4 is 23.6 Å². The highest BCUT2D eigenvalue weighted by molar-refractivity contribution is 7.99. The maximum Gasteiger partial charge on any atom is 0.243 e. The molecule has 3 aromatic rings. The summed E-state index contributed by atoms with van der Waals surface area (Å²) < 4.78 is 14.6. The minimum Gasteiger partial charge on any atom is -0.352 e. The van der Waals surface area contributed by atoms with E-state index in [0.29, 0.717) is 17.7 Å². The summed E-state index contributed by atoms with van der Waals surface area (Å²) in [6.45, 7) is 6.01. The average molecular weight is 507 g/mol. The molecule has 190 valence electrons. The molecule has 0 aliphatic heterocycles. The third-order valence-electron chi connectivity index (χ3n) is 6.15. The van der Waals surface area contributed by atoms with Crippen molar-refractivity contribution in [3.05, 3.63) is 107 Å². The molecule has 0 aliphatic rings. The number of halogens is 1. The van der Waals surface area contributed by atoms with Gasteiger partial charge < -0.3 is 10.2 Å². The van der Waals surface area contributed by atoms with Crippen molar-refractivity contribution in [3.8, 4) is 0 Å². The van der Waals surface area contributed by atoms with Gasteiger partial charge in [-0.05, 0) is 37.5 Å². The monoisotopic (exact) mass is 506 g/mol. The van der Waals surface area contributed by atoms with Gasteiger partial charge in [0.25, 0.3) is 0 Å². The molecule has 2 amide bonds. The molecule has 0 aromatic heterocycles. The largest absolute Gasteiger partial charge is 0.352 e. The maximum absolute atomic E-state index is 14.6. The highest BCUT2D eigenvalue weighted by Crippen LogP contribution is 2.20. The minimum atomic E-state index is -0.756. The number of hydrogen-bond donors (Lipinski definition) is 1. The van der Waals surface area contributed by atoms with E-state index in [1.165, 1.54) is 23.4 Å². The first-order valence-corrected chi connectivity index (χ1v) is 13.5. The number of amides is 2. The Kier molecular flexibility index (Phi) is 10.6. The lowest BCUT2D eigenvalue weighted by molar-refractivity contribution is -0.139. The molecule has 0 bridgehead atoms. The Balaban J connectivity index is 1.86. The van der Waals surface area contributed by atoms with Crippen LogP contribution in [0.3, 0.4) is 0 Å². The number of rotatable bonds is 12. The van der Waals surface area contributed by atoms with Crippen molar-refractivity contribution in [1.29, 1.82) is 0 Å². The van der Waals surface area contributed by atoms with Gasteiger partial charge >= 0.3 is 0 Å². The molecule has 4 nitrogen and oxygen atoms in total. The van der Waals surface area contributed by atoms with E-state index in [1.807, 2.05) is 69.3 Å². The second kappa shape index (κ2) is 13.8. The van der Waals surface area contributed by atoms with Crippen molar-refractivity contribution in [2.75, 3.05) is 5.75 Å². The van der Waals surface area contributed by atoms with Gasteiger partial charge in [0.1, 0.15) is 11.9 Å². The van der Waals surface area contributed by atoms with Crippen LogP contribution in [0.5, 0.6) is 0 Å². The number of carbonyl (C=O) groups is 2. The fourth-order valence-electron chi connectivity index (χ4n) is 3.95. The van der Waals surface area contributed by atoms with Crippen LogP contribution in [0, 0.1) is 12.7 Å². The van der Waals surface area contributed by atoms with Gasteiger partial charge in [-0.15, -0.1) is 11.8 Å². The van der Waals surface area contributed by atoms with Crippen LogP contribution in [0.15, 0.2) is 78.9 Å². The lowest BCUT2D eigenvalue weighted by Crippen LogP contribution is -2.52. The molecule has 1 N–H and O–H groups in total. The summed E-state index contributed by atoms with van der Waals surface area (Å²) in [4.78, 5) is 28.6. The number of nitrogens with one attached hydrogen (secondary N) is 1. The van der Waals surface area contributed by atoms with Gasteiger partial charge in [-0.2, -0.15) is 0 Å². The molecule has 0 saturated heterocycles. The number of benzene rings is 3. The van der Waals surface area contributed by atoms with Crippen molar-refractivity contribution in [2.45, 2.75) is 58.0 Å². The predicted octanol–water partition coefficient (Wildman–Crippen LogP) is 5.92. The molecule has 3 aromatic carbocycles. The van der Waals surface area contributed by atoms with Crippen LogP contribution in [-0.4, -0.2) is 34.6 Å². The molecule has 0 radical (unpaired) electrons. The van der Waals surface area contributed by atoms with Gasteiger partial charge in [-0.25, -0.2) is 4.39 Å². The summed E-state index contributed by atoms with van der Waals surface area (Å²) >= 11 is 1.50. The van der Waals surface area contributed by atoms with Crippen LogP contribution in [0.25, 0.3) is 0 Å². The lowest BCUT2D eigenvalue weighted by atomic mass is 10.0. The maximum atomic E-state index is 14.6. The summed E-state index contributed by atoms with van der Waals surface area (Å²) in [5, 5.41) is 3.04. The Morgan fingerprint density at radius 1 is 0.972 bits per heavy atom. The lowest BCUT2D eigenvalue weighted by Gasteiger charge is -2.32. The van der Waals surface area contributed by atoms with Crippen molar-refractivity contribution in [2.24, 2.45) is 0 Å². The van der Waals surface area contributed by atoms with E-state index in [0.717, 1.165) is 17.5 Å². The third kappa shape index (κ3) is 8.23. The molecule has 0 spiro atoms. The molecule has 36 heavy (non-hydrogen) atoms. The van der Waals surface area contributed by atoms with Gasteiger partial charge in [-0.1, -0.05) is 85.3 Å². The Morgan fingerprint density at radius 3 is 2.36 bits per heavy atom. The van der Waals surface area contributed by atoms with Crippen LogP contribution in [0.2, 0.25) is 0 Å². The standard InChI is InChI=1S/C30H35FN2O2S/c1-4-23(3)32-30(35)28(18-24-12-6-5-7-13-24)33(19-26-15-8-9-16-27(26)31)29(34)21-36-20-25-14-10-11-22(2)17-25/h5-17,23,28H,4,18-21H2,1-3H3,(H,32,35)/t23-,28-/m0/s1. The van der Waals surface area contributed by atoms with Crippen LogP contribution >= 0.6 is 11.8 Å². The highest BCUT2D eigenvalue weighted by Gasteiger charge is 2.31. The first-order chi connectivity index (χ1) is 17.4. The van der Waals surface area contributed by atoms with Crippen LogP contribution in [0.4, 0.5) is 4.39 Å². The van der Waals surface area contributed by atoms with E-state index >= 15 is 0 Å². The molecule has 0 unspecified atom stereocenters. The van der Waals surface area contributed by atoms with E-state index in [1.54, 1.807) is 23.1 Å². The van der Waals surface area contributed by atoms with Gasteiger partial charge in [-0.3, -0.25) is 9.59 Å². The molecular weight excluding hydrogens is 471 g/mol. The van der Waals surface area contributed by atoms with E-state index in [9.17, 15) is 14.0 Å². The smallest absolute Gasteiger partial charge is 0.243 e. The Morgan fingerprint density at radius 2 is 1.67 bits per heavy atom. The summed E-state index contributed by atoms with van der Waals surface area (Å²) in [5.74, 6) is 0.0921. The zero-order chi connectivity index (χ0) is 25.9. The molecular formula is C30H35FN2O2S. The molecule has 2 atom stereocenters.